The van der Waals surface area contributed by atoms with Crippen molar-refractivity contribution in [1.82, 2.24) is 4.90 Å². The molecule has 25 heavy (non-hydrogen) atoms. The molecular formula is C21H35NO3. The highest BCUT2D eigenvalue weighted by atomic mass is 16.3. The van der Waals surface area contributed by atoms with E-state index in [1.54, 1.807) is 0 Å². The summed E-state index contributed by atoms with van der Waals surface area (Å²) in [4.78, 5) is 2.43. The van der Waals surface area contributed by atoms with Crippen LogP contribution in [0.3, 0.4) is 0 Å². The van der Waals surface area contributed by atoms with Gasteiger partial charge in [-0.1, -0.05) is 32.9 Å². The van der Waals surface area contributed by atoms with E-state index in [4.69, 9.17) is 0 Å². The number of hydrogen-bond acceptors (Lipinski definition) is 4. The molecule has 1 aliphatic rings. The Hall–Kier alpha value is -0.940. The van der Waals surface area contributed by atoms with E-state index in [1.807, 2.05) is 12.1 Å². The number of aliphatic hydroxyl groups is 3. The fourth-order valence-electron chi connectivity index (χ4n) is 4.04. The Balaban J connectivity index is 2.29. The molecule has 1 heterocycles. The average molecular weight is 350 g/mol. The van der Waals surface area contributed by atoms with Crippen LogP contribution >= 0.6 is 0 Å². The summed E-state index contributed by atoms with van der Waals surface area (Å²) in [6.07, 6.45) is 3.29. The highest BCUT2D eigenvalue weighted by molar-refractivity contribution is 5.38. The third-order valence-electron chi connectivity index (χ3n) is 5.53. The van der Waals surface area contributed by atoms with Crippen LogP contribution in [0.15, 0.2) is 12.1 Å². The van der Waals surface area contributed by atoms with Gasteiger partial charge < -0.3 is 20.2 Å². The average Bonchev–Trinajstić information content (AvgIpc) is 2.61. The van der Waals surface area contributed by atoms with E-state index in [0.29, 0.717) is 11.8 Å². The minimum absolute atomic E-state index is 0.0419. The topological polar surface area (TPSA) is 63.9 Å². The molecule has 0 radical (unpaired) electrons. The van der Waals surface area contributed by atoms with Crippen molar-refractivity contribution in [3.63, 3.8) is 0 Å². The smallest absolute Gasteiger partial charge is 0.0685 e. The zero-order valence-corrected chi connectivity index (χ0v) is 16.0. The molecule has 0 aliphatic carbocycles. The van der Waals surface area contributed by atoms with Crippen LogP contribution in [0.25, 0.3) is 0 Å². The van der Waals surface area contributed by atoms with Crippen molar-refractivity contribution < 1.29 is 15.3 Å². The Kier molecular flexibility index (Phi) is 7.88. The third-order valence-corrected chi connectivity index (χ3v) is 5.53. The molecule has 0 saturated heterocycles. The van der Waals surface area contributed by atoms with Crippen molar-refractivity contribution in [3.05, 3.63) is 34.4 Å². The SMILES string of the molecule is CCN1CCc2cc(CO)c(CO)cc2CC[C@@H](O)[C@H](CC(C)C)C1. The lowest BCUT2D eigenvalue weighted by atomic mass is 9.86. The fourth-order valence-corrected chi connectivity index (χ4v) is 4.04. The highest BCUT2D eigenvalue weighted by Gasteiger charge is 2.24. The molecule has 0 saturated carbocycles. The maximum absolute atomic E-state index is 10.8. The molecule has 0 amide bonds. The van der Waals surface area contributed by atoms with Crippen LogP contribution in [0.5, 0.6) is 0 Å². The quantitative estimate of drug-likeness (QED) is 0.764. The van der Waals surface area contributed by atoms with Gasteiger partial charge in [-0.15, -0.1) is 0 Å². The van der Waals surface area contributed by atoms with Crippen LogP contribution in [0, 0.1) is 11.8 Å². The zero-order valence-electron chi connectivity index (χ0n) is 16.0. The third kappa shape index (κ3) is 5.52. The van der Waals surface area contributed by atoms with Crippen LogP contribution in [0.4, 0.5) is 0 Å². The van der Waals surface area contributed by atoms with E-state index in [1.165, 1.54) is 11.1 Å². The number of aliphatic hydroxyl groups excluding tert-OH is 3. The van der Waals surface area contributed by atoms with E-state index in [0.717, 1.165) is 56.4 Å². The number of benzene rings is 1. The summed E-state index contributed by atoms with van der Waals surface area (Å²) in [5.41, 5.74) is 4.08. The first kappa shape index (κ1) is 20.4. The Morgan fingerprint density at radius 1 is 1.08 bits per heavy atom. The van der Waals surface area contributed by atoms with Crippen molar-refractivity contribution in [2.24, 2.45) is 11.8 Å². The van der Waals surface area contributed by atoms with Crippen molar-refractivity contribution in [3.8, 4) is 0 Å². The van der Waals surface area contributed by atoms with Gasteiger partial charge >= 0.3 is 0 Å². The second-order valence-corrected chi connectivity index (χ2v) is 7.84. The first-order chi connectivity index (χ1) is 12.0. The molecule has 2 atom stereocenters. The van der Waals surface area contributed by atoms with E-state index < -0.39 is 0 Å². The summed E-state index contributed by atoms with van der Waals surface area (Å²) in [6, 6.07) is 4.08. The largest absolute Gasteiger partial charge is 0.393 e. The molecule has 2 rings (SSSR count). The van der Waals surface area contributed by atoms with Crippen LogP contribution in [-0.2, 0) is 26.1 Å². The van der Waals surface area contributed by atoms with Gasteiger partial charge in [0.25, 0.3) is 0 Å². The Morgan fingerprint density at radius 2 is 1.68 bits per heavy atom. The molecule has 1 aromatic carbocycles. The zero-order chi connectivity index (χ0) is 18.4. The maximum Gasteiger partial charge on any atom is 0.0685 e. The normalized spacial score (nSPS) is 22.8. The van der Waals surface area contributed by atoms with E-state index in [2.05, 4.69) is 25.7 Å². The lowest BCUT2D eigenvalue weighted by Gasteiger charge is -2.32. The minimum atomic E-state index is -0.294. The first-order valence-corrected chi connectivity index (χ1v) is 9.74. The number of hydrogen-bond donors (Lipinski definition) is 3. The highest BCUT2D eigenvalue weighted by Crippen LogP contribution is 2.26. The molecule has 4 nitrogen and oxygen atoms in total. The van der Waals surface area contributed by atoms with Gasteiger partial charge in [-0.2, -0.15) is 0 Å². The minimum Gasteiger partial charge on any atom is -0.393 e. The van der Waals surface area contributed by atoms with E-state index in [-0.39, 0.29) is 19.3 Å². The summed E-state index contributed by atoms with van der Waals surface area (Å²) in [5.74, 6) is 0.900. The van der Waals surface area contributed by atoms with E-state index >= 15 is 0 Å². The lowest BCUT2D eigenvalue weighted by molar-refractivity contribution is 0.0610. The van der Waals surface area contributed by atoms with Gasteiger partial charge in [0.1, 0.15) is 0 Å². The van der Waals surface area contributed by atoms with Gasteiger partial charge in [0.15, 0.2) is 0 Å². The van der Waals surface area contributed by atoms with Crippen molar-refractivity contribution >= 4 is 0 Å². The summed E-state index contributed by atoms with van der Waals surface area (Å²) < 4.78 is 0. The fraction of sp³-hybridized carbons (Fsp3) is 0.714. The molecule has 3 N–H and O–H groups in total. The maximum atomic E-state index is 10.8. The van der Waals surface area contributed by atoms with E-state index in [9.17, 15) is 15.3 Å². The molecule has 0 bridgehead atoms. The van der Waals surface area contributed by atoms with Crippen LogP contribution in [0.2, 0.25) is 0 Å². The second kappa shape index (κ2) is 9.67. The molecule has 0 unspecified atom stereocenters. The van der Waals surface area contributed by atoms with Gasteiger partial charge in [-0.3, -0.25) is 0 Å². The molecule has 0 spiro atoms. The predicted molar refractivity (Wildman–Crippen MR) is 101 cm³/mol. The van der Waals surface area contributed by atoms with Gasteiger partial charge in [0.05, 0.1) is 19.3 Å². The van der Waals surface area contributed by atoms with Crippen LogP contribution < -0.4 is 0 Å². The van der Waals surface area contributed by atoms with Gasteiger partial charge in [-0.05, 0) is 66.3 Å². The molecule has 1 aliphatic heterocycles. The number of nitrogens with zero attached hydrogens (tertiary/aromatic N) is 1. The molecular weight excluding hydrogens is 314 g/mol. The Labute approximate surface area is 152 Å². The lowest BCUT2D eigenvalue weighted by Crippen LogP contribution is -2.38. The summed E-state index contributed by atoms with van der Waals surface area (Å²) in [7, 11) is 0. The number of fused-ring (bicyclic) bond motifs is 1. The second-order valence-electron chi connectivity index (χ2n) is 7.84. The number of aryl methyl sites for hydroxylation is 1. The van der Waals surface area contributed by atoms with Gasteiger partial charge in [0.2, 0.25) is 0 Å². The standard InChI is InChI=1S/C21H35NO3/c1-4-22-8-7-17-11-20(14-24)19(13-23)10-16(17)5-6-21(25)18(12-22)9-15(2)3/h10-11,15,18,21,23-25H,4-9,12-14H2,1-3H3/t18-,21-/m1/s1. The number of rotatable bonds is 5. The Morgan fingerprint density at radius 3 is 2.20 bits per heavy atom. The van der Waals surface area contributed by atoms with Crippen molar-refractivity contribution in [2.75, 3.05) is 19.6 Å². The molecule has 4 heteroatoms. The van der Waals surface area contributed by atoms with Crippen molar-refractivity contribution in [2.45, 2.75) is 65.8 Å². The number of likely N-dealkylation sites (N-methyl/N-ethyl adjacent to an activating group) is 1. The molecule has 0 fully saturated rings. The Bertz CT molecular complexity index is 544. The summed E-state index contributed by atoms with van der Waals surface area (Å²) in [5, 5.41) is 29.9. The van der Waals surface area contributed by atoms with Crippen molar-refractivity contribution in [1.29, 1.82) is 0 Å². The van der Waals surface area contributed by atoms with Gasteiger partial charge in [-0.25, -0.2) is 0 Å². The molecule has 142 valence electrons. The predicted octanol–water partition coefficient (Wildman–Crippen LogP) is 2.51. The van der Waals surface area contributed by atoms with Crippen LogP contribution in [-0.4, -0.2) is 46.0 Å². The molecule has 1 aromatic rings. The first-order valence-electron chi connectivity index (χ1n) is 9.74. The van der Waals surface area contributed by atoms with Crippen LogP contribution in [0.1, 0.15) is 55.9 Å². The molecule has 0 aromatic heterocycles. The van der Waals surface area contributed by atoms with Gasteiger partial charge in [0, 0.05) is 13.1 Å². The summed E-state index contributed by atoms with van der Waals surface area (Å²) >= 11 is 0. The summed E-state index contributed by atoms with van der Waals surface area (Å²) in [6.45, 7) is 9.43. The monoisotopic (exact) mass is 349 g/mol.